The van der Waals surface area contributed by atoms with Gasteiger partial charge in [-0.1, -0.05) is 6.07 Å². The van der Waals surface area contributed by atoms with E-state index in [4.69, 9.17) is 0 Å². The second-order valence-corrected chi connectivity index (χ2v) is 6.88. The molecule has 4 N–H and O–H groups in total. The number of benzene rings is 2. The number of carbonyl (C=O) groups is 1. The molecular formula is C20H19N5O2. The monoisotopic (exact) mass is 361 g/mol. The third kappa shape index (κ3) is 3.45. The van der Waals surface area contributed by atoms with Gasteiger partial charge in [0.1, 0.15) is 12.1 Å². The molecule has 136 valence electrons. The Morgan fingerprint density at radius 1 is 1.00 bits per heavy atom. The number of hydrogen-bond acceptors (Lipinski definition) is 6. The van der Waals surface area contributed by atoms with Gasteiger partial charge in [0.15, 0.2) is 0 Å². The molecule has 27 heavy (non-hydrogen) atoms. The lowest BCUT2D eigenvalue weighted by Crippen LogP contribution is -2.16. The molecule has 0 radical (unpaired) electrons. The highest BCUT2D eigenvalue weighted by atomic mass is 16.3. The number of fused-ring (bicyclic) bond motifs is 2. The minimum Gasteiger partial charge on any atom is -0.386 e. The molecule has 4 rings (SSSR count). The van der Waals surface area contributed by atoms with Gasteiger partial charge >= 0.3 is 0 Å². The molecule has 2 aromatic carbocycles. The van der Waals surface area contributed by atoms with Gasteiger partial charge in [-0.3, -0.25) is 4.79 Å². The largest absolute Gasteiger partial charge is 0.386 e. The number of amides is 1. The molecule has 1 aromatic heterocycles. The molecule has 1 aliphatic rings. The van der Waals surface area contributed by atoms with Crippen molar-refractivity contribution in [2.24, 2.45) is 0 Å². The van der Waals surface area contributed by atoms with Gasteiger partial charge in [0.2, 0.25) is 0 Å². The highest BCUT2D eigenvalue weighted by Crippen LogP contribution is 2.36. The Kier molecular flexibility index (Phi) is 4.01. The molecule has 1 amide bonds. The highest BCUT2D eigenvalue weighted by molar-refractivity contribution is 6.12. The summed E-state index contributed by atoms with van der Waals surface area (Å²) in [5.74, 6) is 0.455. The standard InChI is InChI=1S/C20H19N5O2/c1-20(2,27)12-3-6-15-17(9-12)25-19(26)14-5-4-13(10-16(14)24-15)23-18-7-8-21-11-22-18/h3-11,24,27H,1-2H3,(H,25,26)(H,21,22,23). The van der Waals surface area contributed by atoms with Crippen molar-refractivity contribution in [1.82, 2.24) is 9.97 Å². The maximum absolute atomic E-state index is 12.6. The summed E-state index contributed by atoms with van der Waals surface area (Å²) in [6.45, 7) is 3.42. The quantitative estimate of drug-likeness (QED) is 0.567. The first-order valence-corrected chi connectivity index (χ1v) is 8.52. The summed E-state index contributed by atoms with van der Waals surface area (Å²) >= 11 is 0. The third-order valence-electron chi connectivity index (χ3n) is 4.36. The molecule has 0 unspecified atom stereocenters. The van der Waals surface area contributed by atoms with Gasteiger partial charge in [0.05, 0.1) is 28.2 Å². The summed E-state index contributed by atoms with van der Waals surface area (Å²) in [6.07, 6.45) is 3.12. The Labute approximate surface area is 156 Å². The van der Waals surface area contributed by atoms with E-state index in [9.17, 15) is 9.90 Å². The lowest BCUT2D eigenvalue weighted by molar-refractivity contribution is 0.0786. The Balaban J connectivity index is 1.69. The van der Waals surface area contributed by atoms with E-state index in [2.05, 4.69) is 25.9 Å². The number of aromatic nitrogens is 2. The fourth-order valence-corrected chi connectivity index (χ4v) is 2.91. The molecule has 0 spiro atoms. The van der Waals surface area contributed by atoms with Gasteiger partial charge in [-0.15, -0.1) is 0 Å². The van der Waals surface area contributed by atoms with E-state index in [1.807, 2.05) is 24.3 Å². The predicted molar refractivity (Wildman–Crippen MR) is 105 cm³/mol. The van der Waals surface area contributed by atoms with Crippen LogP contribution in [0.1, 0.15) is 29.8 Å². The topological polar surface area (TPSA) is 99.2 Å². The minimum absolute atomic E-state index is 0.210. The molecule has 0 bridgehead atoms. The third-order valence-corrected chi connectivity index (χ3v) is 4.36. The second kappa shape index (κ2) is 6.37. The second-order valence-electron chi connectivity index (χ2n) is 6.88. The van der Waals surface area contributed by atoms with Crippen molar-refractivity contribution in [3.63, 3.8) is 0 Å². The molecule has 7 heteroatoms. The molecular weight excluding hydrogens is 342 g/mol. The van der Waals surface area contributed by atoms with Crippen molar-refractivity contribution in [3.8, 4) is 0 Å². The smallest absolute Gasteiger partial charge is 0.257 e. The molecule has 1 aliphatic heterocycles. The number of nitrogens with zero attached hydrogens (tertiary/aromatic N) is 2. The molecule has 0 atom stereocenters. The van der Waals surface area contributed by atoms with E-state index < -0.39 is 5.60 Å². The van der Waals surface area contributed by atoms with Crippen LogP contribution in [0.4, 0.5) is 28.6 Å². The normalized spacial score (nSPS) is 12.9. The van der Waals surface area contributed by atoms with Gasteiger partial charge in [0, 0.05) is 11.9 Å². The Bertz CT molecular complexity index is 1010. The van der Waals surface area contributed by atoms with Gasteiger partial charge < -0.3 is 21.1 Å². The summed E-state index contributed by atoms with van der Waals surface area (Å²) in [6, 6.07) is 12.7. The lowest BCUT2D eigenvalue weighted by atomic mass is 9.97. The fourth-order valence-electron chi connectivity index (χ4n) is 2.91. The van der Waals surface area contributed by atoms with E-state index in [0.717, 1.165) is 16.9 Å². The van der Waals surface area contributed by atoms with E-state index >= 15 is 0 Å². The minimum atomic E-state index is -0.993. The zero-order chi connectivity index (χ0) is 19.0. The SMILES string of the molecule is CC(C)(O)c1ccc2c(c1)NC(=O)c1ccc(Nc3ccncn3)cc1N2. The van der Waals surface area contributed by atoms with Crippen molar-refractivity contribution in [2.45, 2.75) is 19.4 Å². The lowest BCUT2D eigenvalue weighted by Gasteiger charge is -2.20. The van der Waals surface area contributed by atoms with Crippen LogP contribution in [0.15, 0.2) is 55.0 Å². The Hall–Kier alpha value is -3.45. The summed E-state index contributed by atoms with van der Waals surface area (Å²) < 4.78 is 0. The predicted octanol–water partition coefficient (Wildman–Crippen LogP) is 3.76. The van der Waals surface area contributed by atoms with E-state index in [1.165, 1.54) is 6.33 Å². The molecule has 7 nitrogen and oxygen atoms in total. The van der Waals surface area contributed by atoms with E-state index in [1.54, 1.807) is 38.2 Å². The summed E-state index contributed by atoms with van der Waals surface area (Å²) in [5.41, 5.74) is 3.12. The number of rotatable bonds is 3. The van der Waals surface area contributed by atoms with Gasteiger partial charge in [-0.25, -0.2) is 9.97 Å². The van der Waals surface area contributed by atoms with E-state index in [0.29, 0.717) is 22.8 Å². The van der Waals surface area contributed by atoms with Gasteiger partial charge in [-0.05, 0) is 55.8 Å². The van der Waals surface area contributed by atoms with Crippen LogP contribution in [0, 0.1) is 0 Å². The number of carbonyl (C=O) groups excluding carboxylic acids is 1. The molecule has 0 fully saturated rings. The van der Waals surface area contributed by atoms with Gasteiger partial charge in [0.25, 0.3) is 5.91 Å². The summed E-state index contributed by atoms with van der Waals surface area (Å²) in [5, 5.41) is 19.6. The first-order chi connectivity index (χ1) is 12.9. The van der Waals surface area contributed by atoms with Crippen molar-refractivity contribution in [1.29, 1.82) is 0 Å². The van der Waals surface area contributed by atoms with Gasteiger partial charge in [-0.2, -0.15) is 0 Å². The van der Waals surface area contributed by atoms with Crippen LogP contribution in [0.5, 0.6) is 0 Å². The maximum atomic E-state index is 12.6. The fraction of sp³-hybridized carbons (Fsp3) is 0.150. The van der Waals surface area contributed by atoms with Crippen LogP contribution < -0.4 is 16.0 Å². The molecule has 2 heterocycles. The molecule has 0 saturated carbocycles. The zero-order valence-electron chi connectivity index (χ0n) is 14.9. The zero-order valence-corrected chi connectivity index (χ0v) is 14.9. The van der Waals surface area contributed by atoms with Crippen molar-refractivity contribution >= 4 is 34.5 Å². The van der Waals surface area contributed by atoms with Crippen LogP contribution in [-0.2, 0) is 5.60 Å². The number of nitrogens with one attached hydrogen (secondary N) is 3. The van der Waals surface area contributed by atoms with E-state index in [-0.39, 0.29) is 5.91 Å². The Morgan fingerprint density at radius 3 is 2.59 bits per heavy atom. The van der Waals surface area contributed by atoms with Crippen molar-refractivity contribution < 1.29 is 9.90 Å². The Morgan fingerprint density at radius 2 is 1.85 bits per heavy atom. The first-order valence-electron chi connectivity index (χ1n) is 8.52. The van der Waals surface area contributed by atoms with Crippen LogP contribution in [0.2, 0.25) is 0 Å². The highest BCUT2D eigenvalue weighted by Gasteiger charge is 2.22. The molecule has 0 aliphatic carbocycles. The summed E-state index contributed by atoms with van der Waals surface area (Å²) in [7, 11) is 0. The average molecular weight is 361 g/mol. The number of aliphatic hydroxyl groups is 1. The van der Waals surface area contributed by atoms with Crippen LogP contribution >= 0.6 is 0 Å². The maximum Gasteiger partial charge on any atom is 0.257 e. The van der Waals surface area contributed by atoms with Crippen LogP contribution in [0.25, 0.3) is 0 Å². The molecule has 3 aromatic rings. The van der Waals surface area contributed by atoms with Crippen molar-refractivity contribution in [2.75, 3.05) is 16.0 Å². The van der Waals surface area contributed by atoms with Crippen LogP contribution in [-0.4, -0.2) is 21.0 Å². The molecule has 0 saturated heterocycles. The number of anilines is 5. The average Bonchev–Trinajstić information content (AvgIpc) is 2.76. The summed E-state index contributed by atoms with van der Waals surface area (Å²) in [4.78, 5) is 20.7. The van der Waals surface area contributed by atoms with Crippen molar-refractivity contribution in [3.05, 3.63) is 66.1 Å². The first kappa shape index (κ1) is 17.0. The van der Waals surface area contributed by atoms with Crippen LogP contribution in [0.3, 0.4) is 0 Å². The number of hydrogen-bond donors (Lipinski definition) is 4.